The van der Waals surface area contributed by atoms with Crippen LogP contribution in [0.25, 0.3) is 0 Å². The van der Waals surface area contributed by atoms with Crippen LogP contribution in [0.5, 0.6) is 0 Å². The number of amides is 1. The summed E-state index contributed by atoms with van der Waals surface area (Å²) in [5.41, 5.74) is 1.75. The van der Waals surface area contributed by atoms with Crippen LogP contribution < -0.4 is 14.9 Å². The van der Waals surface area contributed by atoms with E-state index in [0.717, 1.165) is 43.3 Å². The molecule has 0 bridgehead atoms. The van der Waals surface area contributed by atoms with E-state index in [9.17, 15) is 13.2 Å². The van der Waals surface area contributed by atoms with Crippen LogP contribution in [0.3, 0.4) is 0 Å². The van der Waals surface area contributed by atoms with E-state index in [2.05, 4.69) is 19.8 Å². The third-order valence-corrected chi connectivity index (χ3v) is 6.94. The van der Waals surface area contributed by atoms with Gasteiger partial charge in [0.05, 0.1) is 4.90 Å². The first-order valence-corrected chi connectivity index (χ1v) is 12.4. The largest absolute Gasteiger partial charge is 0.369 e. The fourth-order valence-corrected chi connectivity index (χ4v) is 4.62. The highest BCUT2D eigenvalue weighted by Gasteiger charge is 2.19. The normalized spacial score (nSPS) is 15.1. The van der Waals surface area contributed by atoms with Crippen LogP contribution in [-0.2, 0) is 14.8 Å². The van der Waals surface area contributed by atoms with Gasteiger partial charge in [0.1, 0.15) is 0 Å². The van der Waals surface area contributed by atoms with Crippen LogP contribution in [-0.4, -0.2) is 58.5 Å². The second-order valence-electron chi connectivity index (χ2n) is 7.53. The molecule has 7 nitrogen and oxygen atoms in total. The number of hydrogen-bond acceptors (Lipinski definition) is 5. The second-order valence-corrected chi connectivity index (χ2v) is 9.73. The van der Waals surface area contributed by atoms with Gasteiger partial charge >= 0.3 is 0 Å². The molecule has 0 saturated carbocycles. The first-order chi connectivity index (χ1) is 14.9. The Morgan fingerprint density at radius 1 is 1.00 bits per heavy atom. The third kappa shape index (κ3) is 6.93. The molecule has 1 fully saturated rings. The third-order valence-electron chi connectivity index (χ3n) is 5.21. The van der Waals surface area contributed by atoms with E-state index in [1.54, 1.807) is 12.1 Å². The summed E-state index contributed by atoms with van der Waals surface area (Å²) in [6.07, 6.45) is 1.20. The summed E-state index contributed by atoms with van der Waals surface area (Å²) in [7, 11) is -3.59. The lowest BCUT2D eigenvalue weighted by atomic mass is 10.2. The fraction of sp³-hybridized carbons (Fsp3) is 0.409. The molecule has 9 heteroatoms. The summed E-state index contributed by atoms with van der Waals surface area (Å²) in [5.74, 6) is -0.0765. The lowest BCUT2D eigenvalue weighted by molar-refractivity contribution is -0.116. The smallest absolute Gasteiger partial charge is 0.240 e. The molecule has 0 aliphatic carbocycles. The van der Waals surface area contributed by atoms with Gasteiger partial charge in [0.25, 0.3) is 0 Å². The van der Waals surface area contributed by atoms with Gasteiger partial charge in [0.15, 0.2) is 0 Å². The Hall–Kier alpha value is -2.13. The summed E-state index contributed by atoms with van der Waals surface area (Å²) >= 11 is 5.95. The van der Waals surface area contributed by atoms with Crippen molar-refractivity contribution in [1.82, 2.24) is 9.62 Å². The Bertz CT molecular complexity index is 957. The minimum Gasteiger partial charge on any atom is -0.369 e. The van der Waals surface area contributed by atoms with E-state index in [0.29, 0.717) is 25.2 Å². The average molecular weight is 465 g/mol. The summed E-state index contributed by atoms with van der Waals surface area (Å²) in [5, 5.41) is 3.48. The summed E-state index contributed by atoms with van der Waals surface area (Å²) in [6.45, 7) is 6.45. The van der Waals surface area contributed by atoms with Crippen LogP contribution in [0.4, 0.5) is 11.4 Å². The molecule has 2 aromatic rings. The quantitative estimate of drug-likeness (QED) is 0.595. The zero-order chi connectivity index (χ0) is 22.3. The Morgan fingerprint density at radius 3 is 2.26 bits per heavy atom. The molecule has 1 aliphatic heterocycles. The topological polar surface area (TPSA) is 81.7 Å². The van der Waals surface area contributed by atoms with Crippen LogP contribution >= 0.6 is 11.6 Å². The Labute approximate surface area is 189 Å². The standard InChI is InChI=1S/C22H29ClN4O3S/c1-2-3-22(28)25-19-6-10-21(11-7-19)31(29,30)24-12-13-26-14-16-27(17-15-26)20-8-4-18(23)5-9-20/h4-11,24H,2-3,12-17H2,1H3,(H,25,28). The van der Waals surface area contributed by atoms with Gasteiger partial charge in [-0.25, -0.2) is 13.1 Å². The minimum absolute atomic E-state index is 0.0765. The van der Waals surface area contributed by atoms with Crippen molar-refractivity contribution in [3.05, 3.63) is 53.6 Å². The van der Waals surface area contributed by atoms with E-state index in [4.69, 9.17) is 11.6 Å². The van der Waals surface area contributed by atoms with E-state index >= 15 is 0 Å². The molecular weight excluding hydrogens is 436 g/mol. The lowest BCUT2D eigenvalue weighted by Crippen LogP contribution is -2.48. The minimum atomic E-state index is -3.59. The highest BCUT2D eigenvalue weighted by atomic mass is 35.5. The van der Waals surface area contributed by atoms with E-state index in [1.165, 1.54) is 12.1 Å². The summed E-state index contributed by atoms with van der Waals surface area (Å²) in [6, 6.07) is 14.1. The summed E-state index contributed by atoms with van der Waals surface area (Å²) in [4.78, 5) is 16.4. The number of nitrogens with one attached hydrogen (secondary N) is 2. The molecule has 0 atom stereocenters. The number of sulfonamides is 1. The number of hydrogen-bond donors (Lipinski definition) is 2. The van der Waals surface area contributed by atoms with Crippen LogP contribution in [0.2, 0.25) is 5.02 Å². The van der Waals surface area contributed by atoms with Crippen molar-refractivity contribution in [3.8, 4) is 0 Å². The number of rotatable bonds is 9. The molecule has 168 valence electrons. The highest BCUT2D eigenvalue weighted by Crippen LogP contribution is 2.19. The van der Waals surface area contributed by atoms with Crippen LogP contribution in [0.1, 0.15) is 19.8 Å². The number of carbonyl (C=O) groups is 1. The van der Waals surface area contributed by atoms with Gasteiger partial charge in [-0.15, -0.1) is 0 Å². The van der Waals surface area contributed by atoms with Gasteiger partial charge in [-0.3, -0.25) is 9.69 Å². The lowest BCUT2D eigenvalue weighted by Gasteiger charge is -2.36. The van der Waals surface area contributed by atoms with Gasteiger partial charge in [-0.1, -0.05) is 18.5 Å². The number of piperazine rings is 1. The molecular formula is C22H29ClN4O3S. The molecule has 0 spiro atoms. The van der Waals surface area contributed by atoms with E-state index < -0.39 is 10.0 Å². The molecule has 0 unspecified atom stereocenters. The number of benzene rings is 2. The fourth-order valence-electron chi connectivity index (χ4n) is 3.47. The maximum atomic E-state index is 12.5. The monoisotopic (exact) mass is 464 g/mol. The Kier molecular flexibility index (Phi) is 8.31. The zero-order valence-electron chi connectivity index (χ0n) is 17.7. The molecule has 1 heterocycles. The SMILES string of the molecule is CCCC(=O)Nc1ccc(S(=O)(=O)NCCN2CCN(c3ccc(Cl)cc3)CC2)cc1. The van der Waals surface area contributed by atoms with Gasteiger partial charge in [-0.2, -0.15) is 0 Å². The maximum Gasteiger partial charge on any atom is 0.240 e. The van der Waals surface area contributed by atoms with Crippen molar-refractivity contribution >= 4 is 38.9 Å². The zero-order valence-corrected chi connectivity index (χ0v) is 19.3. The Morgan fingerprint density at radius 2 is 1.65 bits per heavy atom. The van der Waals surface area contributed by atoms with E-state index in [1.807, 2.05) is 31.2 Å². The molecule has 0 radical (unpaired) electrons. The molecule has 3 rings (SSSR count). The number of carbonyl (C=O) groups excluding carboxylic acids is 1. The van der Waals surface area contributed by atoms with Crippen LogP contribution in [0.15, 0.2) is 53.4 Å². The van der Waals surface area contributed by atoms with Crippen molar-refractivity contribution in [1.29, 1.82) is 0 Å². The van der Waals surface area contributed by atoms with Crippen molar-refractivity contribution in [3.63, 3.8) is 0 Å². The predicted octanol–water partition coefficient (Wildman–Crippen LogP) is 3.18. The van der Waals surface area contributed by atoms with E-state index in [-0.39, 0.29) is 10.8 Å². The molecule has 1 amide bonds. The molecule has 1 saturated heterocycles. The Balaban J connectivity index is 1.43. The molecule has 0 aromatic heterocycles. The average Bonchev–Trinajstić information content (AvgIpc) is 2.75. The molecule has 31 heavy (non-hydrogen) atoms. The van der Waals surface area contributed by atoms with Crippen molar-refractivity contribution in [2.24, 2.45) is 0 Å². The second kappa shape index (κ2) is 10.9. The molecule has 1 aliphatic rings. The van der Waals surface area contributed by atoms with Crippen molar-refractivity contribution in [2.75, 3.05) is 49.5 Å². The van der Waals surface area contributed by atoms with Crippen molar-refractivity contribution < 1.29 is 13.2 Å². The maximum absolute atomic E-state index is 12.5. The summed E-state index contributed by atoms with van der Waals surface area (Å²) < 4.78 is 27.7. The number of nitrogens with zero attached hydrogens (tertiary/aromatic N) is 2. The predicted molar refractivity (Wildman–Crippen MR) is 125 cm³/mol. The van der Waals surface area contributed by atoms with Crippen molar-refractivity contribution in [2.45, 2.75) is 24.7 Å². The first kappa shape index (κ1) is 23.5. The highest BCUT2D eigenvalue weighted by molar-refractivity contribution is 7.89. The van der Waals surface area contributed by atoms with Gasteiger partial charge in [-0.05, 0) is 55.0 Å². The number of anilines is 2. The van der Waals surface area contributed by atoms with Crippen LogP contribution in [0, 0.1) is 0 Å². The molecule has 2 N–H and O–H groups in total. The van der Waals surface area contributed by atoms with Gasteiger partial charge in [0.2, 0.25) is 15.9 Å². The molecule has 2 aromatic carbocycles. The van der Waals surface area contributed by atoms with Gasteiger partial charge in [0, 0.05) is 62.1 Å². The number of halogens is 1. The first-order valence-electron chi connectivity index (χ1n) is 10.5. The van der Waals surface area contributed by atoms with Gasteiger partial charge < -0.3 is 10.2 Å².